The lowest BCUT2D eigenvalue weighted by atomic mass is 9.86. The standard InChI is InChI=1S/C14H20.CH2O3/c1-2-5-9-13(10-6-3-1)14-11-7-4-8-12-14;2-1(3)4/h4,7-8,11-13H,1-3,5-6,9-10H2;(H2,2,3,4). The van der Waals surface area contributed by atoms with E-state index in [1.165, 1.54) is 44.9 Å². The number of hydrogen-bond acceptors (Lipinski definition) is 1. The Labute approximate surface area is 108 Å². The molecule has 1 aliphatic carbocycles. The average molecular weight is 250 g/mol. The molecule has 1 aliphatic rings. The van der Waals surface area contributed by atoms with Gasteiger partial charge in [-0.25, -0.2) is 4.79 Å². The molecule has 2 rings (SSSR count). The van der Waals surface area contributed by atoms with E-state index in [2.05, 4.69) is 30.3 Å². The largest absolute Gasteiger partial charge is 0.503 e. The van der Waals surface area contributed by atoms with Crippen LogP contribution in [0.15, 0.2) is 30.3 Å². The second-order valence-corrected chi connectivity index (χ2v) is 4.74. The molecule has 0 spiro atoms. The Bertz CT molecular complexity index is 323. The van der Waals surface area contributed by atoms with E-state index in [-0.39, 0.29) is 0 Å². The Morgan fingerprint density at radius 2 is 1.33 bits per heavy atom. The van der Waals surface area contributed by atoms with E-state index in [1.807, 2.05) is 0 Å². The molecule has 0 unspecified atom stereocenters. The topological polar surface area (TPSA) is 57.5 Å². The van der Waals surface area contributed by atoms with Crippen molar-refractivity contribution >= 4 is 6.16 Å². The van der Waals surface area contributed by atoms with Gasteiger partial charge in [0.2, 0.25) is 0 Å². The summed E-state index contributed by atoms with van der Waals surface area (Å²) in [5, 5.41) is 13.9. The molecule has 0 atom stereocenters. The molecule has 1 aromatic carbocycles. The van der Waals surface area contributed by atoms with E-state index >= 15 is 0 Å². The number of carboxylic acid groups (broad SMARTS) is 2. The molecule has 3 heteroatoms. The minimum atomic E-state index is -1.83. The monoisotopic (exact) mass is 250 g/mol. The van der Waals surface area contributed by atoms with Crippen molar-refractivity contribution in [3.05, 3.63) is 35.9 Å². The second-order valence-electron chi connectivity index (χ2n) is 4.74. The van der Waals surface area contributed by atoms with Gasteiger partial charge in [0.05, 0.1) is 0 Å². The molecular weight excluding hydrogens is 228 g/mol. The maximum atomic E-state index is 8.56. The molecule has 0 bridgehead atoms. The highest BCUT2D eigenvalue weighted by molar-refractivity contribution is 5.53. The highest BCUT2D eigenvalue weighted by Gasteiger charge is 2.12. The summed E-state index contributed by atoms with van der Waals surface area (Å²) in [4.78, 5) is 8.56. The summed E-state index contributed by atoms with van der Waals surface area (Å²) >= 11 is 0. The van der Waals surface area contributed by atoms with Gasteiger partial charge in [-0.2, -0.15) is 0 Å². The zero-order valence-electron chi connectivity index (χ0n) is 10.7. The summed E-state index contributed by atoms with van der Waals surface area (Å²) in [5.41, 5.74) is 1.56. The summed E-state index contributed by atoms with van der Waals surface area (Å²) in [6.07, 6.45) is 8.20. The predicted octanol–water partition coefficient (Wildman–Crippen LogP) is 4.74. The van der Waals surface area contributed by atoms with E-state index in [1.54, 1.807) is 5.56 Å². The maximum absolute atomic E-state index is 8.56. The smallest absolute Gasteiger partial charge is 0.450 e. The van der Waals surface area contributed by atoms with Crippen LogP contribution in [0.2, 0.25) is 0 Å². The molecule has 1 saturated carbocycles. The second kappa shape index (κ2) is 8.56. The third-order valence-electron chi connectivity index (χ3n) is 3.38. The van der Waals surface area contributed by atoms with Crippen LogP contribution in [0.3, 0.4) is 0 Å². The van der Waals surface area contributed by atoms with E-state index in [0.717, 1.165) is 5.92 Å². The predicted molar refractivity (Wildman–Crippen MR) is 72.2 cm³/mol. The van der Waals surface area contributed by atoms with Crippen LogP contribution in [0.4, 0.5) is 4.79 Å². The van der Waals surface area contributed by atoms with Crippen molar-refractivity contribution in [1.29, 1.82) is 0 Å². The van der Waals surface area contributed by atoms with E-state index in [9.17, 15) is 0 Å². The molecule has 1 aromatic rings. The van der Waals surface area contributed by atoms with Crippen LogP contribution in [-0.4, -0.2) is 16.4 Å². The minimum Gasteiger partial charge on any atom is -0.450 e. The van der Waals surface area contributed by atoms with E-state index in [4.69, 9.17) is 15.0 Å². The molecule has 0 heterocycles. The van der Waals surface area contributed by atoms with Crippen molar-refractivity contribution in [1.82, 2.24) is 0 Å². The van der Waals surface area contributed by atoms with Crippen molar-refractivity contribution in [2.75, 3.05) is 0 Å². The fraction of sp³-hybridized carbons (Fsp3) is 0.533. The molecule has 3 nitrogen and oxygen atoms in total. The summed E-state index contributed by atoms with van der Waals surface area (Å²) in [6.45, 7) is 0. The molecule has 1 fully saturated rings. The van der Waals surface area contributed by atoms with Crippen molar-refractivity contribution in [2.45, 2.75) is 50.9 Å². The van der Waals surface area contributed by atoms with Gasteiger partial charge >= 0.3 is 6.16 Å². The first kappa shape index (κ1) is 14.6. The van der Waals surface area contributed by atoms with Gasteiger partial charge in [-0.3, -0.25) is 0 Å². The summed E-state index contributed by atoms with van der Waals surface area (Å²) in [7, 11) is 0. The molecule has 2 N–H and O–H groups in total. The summed E-state index contributed by atoms with van der Waals surface area (Å²) in [6, 6.07) is 11.1. The Balaban J connectivity index is 0.000000357. The van der Waals surface area contributed by atoms with Crippen molar-refractivity contribution in [3.63, 3.8) is 0 Å². The third-order valence-corrected chi connectivity index (χ3v) is 3.38. The number of hydrogen-bond donors (Lipinski definition) is 2. The van der Waals surface area contributed by atoms with Gasteiger partial charge < -0.3 is 10.2 Å². The molecule has 18 heavy (non-hydrogen) atoms. The first-order valence-electron chi connectivity index (χ1n) is 6.67. The first-order valence-corrected chi connectivity index (χ1v) is 6.67. The Hall–Kier alpha value is -1.51. The zero-order chi connectivity index (χ0) is 13.2. The third kappa shape index (κ3) is 6.28. The van der Waals surface area contributed by atoms with Crippen LogP contribution in [0.5, 0.6) is 0 Å². The van der Waals surface area contributed by atoms with Gasteiger partial charge in [0.15, 0.2) is 0 Å². The van der Waals surface area contributed by atoms with Crippen LogP contribution >= 0.6 is 0 Å². The Morgan fingerprint density at radius 1 is 0.889 bits per heavy atom. The first-order chi connectivity index (χ1) is 8.70. The fourth-order valence-corrected chi connectivity index (χ4v) is 2.51. The molecule has 0 amide bonds. The number of benzene rings is 1. The molecule has 0 radical (unpaired) electrons. The van der Waals surface area contributed by atoms with Gasteiger partial charge in [0, 0.05) is 0 Å². The lowest BCUT2D eigenvalue weighted by Gasteiger charge is -2.19. The van der Waals surface area contributed by atoms with Crippen LogP contribution in [-0.2, 0) is 0 Å². The van der Waals surface area contributed by atoms with Crippen molar-refractivity contribution < 1.29 is 15.0 Å². The summed E-state index contributed by atoms with van der Waals surface area (Å²) in [5.74, 6) is 0.844. The lowest BCUT2D eigenvalue weighted by Crippen LogP contribution is -2.01. The molecule has 0 aliphatic heterocycles. The van der Waals surface area contributed by atoms with Crippen LogP contribution in [0.1, 0.15) is 56.4 Å². The molecule has 0 aromatic heterocycles. The Kier molecular flexibility index (Phi) is 6.92. The molecular formula is C15H22O3. The highest BCUT2D eigenvalue weighted by Crippen LogP contribution is 2.30. The van der Waals surface area contributed by atoms with Crippen LogP contribution < -0.4 is 0 Å². The molecule has 0 saturated heterocycles. The van der Waals surface area contributed by atoms with Gasteiger partial charge in [-0.1, -0.05) is 62.4 Å². The Morgan fingerprint density at radius 3 is 1.83 bits per heavy atom. The van der Waals surface area contributed by atoms with Gasteiger partial charge in [-0.15, -0.1) is 0 Å². The summed E-state index contributed by atoms with van der Waals surface area (Å²) < 4.78 is 0. The molecule has 100 valence electrons. The maximum Gasteiger partial charge on any atom is 0.503 e. The zero-order valence-corrected chi connectivity index (χ0v) is 10.7. The van der Waals surface area contributed by atoms with Gasteiger partial charge in [0.1, 0.15) is 0 Å². The number of carbonyl (C=O) groups is 1. The fourth-order valence-electron chi connectivity index (χ4n) is 2.51. The number of rotatable bonds is 1. The quantitative estimate of drug-likeness (QED) is 0.757. The van der Waals surface area contributed by atoms with E-state index < -0.39 is 6.16 Å². The SMILES string of the molecule is O=C(O)O.c1ccc(C2CCCCCCC2)cc1. The van der Waals surface area contributed by atoms with Crippen LogP contribution in [0, 0.1) is 0 Å². The minimum absolute atomic E-state index is 0.844. The highest BCUT2D eigenvalue weighted by atomic mass is 16.6. The van der Waals surface area contributed by atoms with Crippen LogP contribution in [0.25, 0.3) is 0 Å². The van der Waals surface area contributed by atoms with Gasteiger partial charge in [-0.05, 0) is 24.3 Å². The van der Waals surface area contributed by atoms with Gasteiger partial charge in [0.25, 0.3) is 0 Å². The lowest BCUT2D eigenvalue weighted by molar-refractivity contribution is 0.137. The van der Waals surface area contributed by atoms with Crippen molar-refractivity contribution in [2.24, 2.45) is 0 Å². The average Bonchev–Trinajstić information content (AvgIpc) is 2.29. The van der Waals surface area contributed by atoms with Crippen molar-refractivity contribution in [3.8, 4) is 0 Å². The van der Waals surface area contributed by atoms with E-state index in [0.29, 0.717) is 0 Å². The normalized spacial score (nSPS) is 16.9.